The number of nitrogens with zero attached hydrogens (tertiary/aromatic N) is 1. The normalized spacial score (nSPS) is 13.1. The Morgan fingerprint density at radius 3 is 2.58 bits per heavy atom. The SMILES string of the molecule is Cc1ccc([C@@H](C)C(=O)N[C@@H](Cc2c[nH]c3ccccc23)c2cc(=O)[nH]c(C)n2)cc1. The number of rotatable bonds is 6. The van der Waals surface area contributed by atoms with Gasteiger partial charge in [0.25, 0.3) is 5.56 Å². The van der Waals surface area contributed by atoms with Crippen LogP contribution in [-0.4, -0.2) is 20.9 Å². The van der Waals surface area contributed by atoms with Crippen molar-refractivity contribution in [1.82, 2.24) is 20.3 Å². The predicted octanol–water partition coefficient (Wildman–Crippen LogP) is 4.07. The summed E-state index contributed by atoms with van der Waals surface area (Å²) in [5, 5.41) is 4.23. The molecule has 0 aliphatic rings. The van der Waals surface area contributed by atoms with Crippen molar-refractivity contribution >= 4 is 16.8 Å². The molecular weight excluding hydrogens is 388 g/mol. The Balaban J connectivity index is 1.65. The van der Waals surface area contributed by atoms with E-state index in [4.69, 9.17) is 0 Å². The summed E-state index contributed by atoms with van der Waals surface area (Å²) in [6.07, 6.45) is 2.47. The van der Waals surface area contributed by atoms with Crippen molar-refractivity contribution in [2.75, 3.05) is 0 Å². The summed E-state index contributed by atoms with van der Waals surface area (Å²) in [6.45, 7) is 5.65. The van der Waals surface area contributed by atoms with Crippen molar-refractivity contribution in [3.05, 3.63) is 99.4 Å². The highest BCUT2D eigenvalue weighted by Crippen LogP contribution is 2.25. The smallest absolute Gasteiger partial charge is 0.251 e. The third-order valence-corrected chi connectivity index (χ3v) is 5.62. The molecule has 0 fully saturated rings. The van der Waals surface area contributed by atoms with Gasteiger partial charge in [0.05, 0.1) is 17.7 Å². The number of fused-ring (bicyclic) bond motifs is 1. The van der Waals surface area contributed by atoms with Crippen LogP contribution in [0.1, 0.15) is 47.1 Å². The van der Waals surface area contributed by atoms with Crippen LogP contribution in [-0.2, 0) is 11.2 Å². The first-order valence-electron chi connectivity index (χ1n) is 10.4. The summed E-state index contributed by atoms with van der Waals surface area (Å²) in [5.41, 5.74) is 4.51. The molecule has 0 radical (unpaired) electrons. The van der Waals surface area contributed by atoms with E-state index in [1.165, 1.54) is 6.07 Å². The van der Waals surface area contributed by atoms with Crippen LogP contribution < -0.4 is 10.9 Å². The monoisotopic (exact) mass is 414 g/mol. The molecule has 0 bridgehead atoms. The number of H-pyrrole nitrogens is 2. The fraction of sp³-hybridized carbons (Fsp3) is 0.240. The second-order valence-corrected chi connectivity index (χ2v) is 8.01. The Kier molecular flexibility index (Phi) is 5.71. The predicted molar refractivity (Wildman–Crippen MR) is 122 cm³/mol. The fourth-order valence-corrected chi connectivity index (χ4v) is 3.83. The van der Waals surface area contributed by atoms with Crippen molar-refractivity contribution in [3.8, 4) is 0 Å². The molecular formula is C25H26N4O2. The maximum atomic E-state index is 13.1. The quantitative estimate of drug-likeness (QED) is 0.444. The highest BCUT2D eigenvalue weighted by atomic mass is 16.2. The Morgan fingerprint density at radius 2 is 1.84 bits per heavy atom. The van der Waals surface area contributed by atoms with E-state index in [1.54, 1.807) is 6.92 Å². The van der Waals surface area contributed by atoms with E-state index >= 15 is 0 Å². The average molecular weight is 415 g/mol. The minimum absolute atomic E-state index is 0.103. The van der Waals surface area contributed by atoms with Gasteiger partial charge < -0.3 is 15.3 Å². The first-order chi connectivity index (χ1) is 14.9. The van der Waals surface area contributed by atoms with Crippen molar-refractivity contribution in [1.29, 1.82) is 0 Å². The molecule has 4 rings (SSSR count). The van der Waals surface area contributed by atoms with Gasteiger partial charge in [0.2, 0.25) is 5.91 Å². The van der Waals surface area contributed by atoms with Crippen LogP contribution in [0.3, 0.4) is 0 Å². The molecule has 2 atom stereocenters. The molecule has 0 aliphatic carbocycles. The number of carbonyl (C=O) groups excluding carboxylic acids is 1. The van der Waals surface area contributed by atoms with Gasteiger partial charge in [0.1, 0.15) is 5.82 Å². The van der Waals surface area contributed by atoms with E-state index in [0.717, 1.165) is 27.6 Å². The summed E-state index contributed by atoms with van der Waals surface area (Å²) < 4.78 is 0. The molecule has 6 nitrogen and oxygen atoms in total. The molecule has 0 saturated carbocycles. The molecule has 2 heterocycles. The zero-order valence-corrected chi connectivity index (χ0v) is 17.9. The van der Waals surface area contributed by atoms with Crippen LogP contribution in [0.15, 0.2) is 65.6 Å². The number of carbonyl (C=O) groups is 1. The van der Waals surface area contributed by atoms with Crippen molar-refractivity contribution < 1.29 is 4.79 Å². The number of aromatic nitrogens is 3. The minimum atomic E-state index is -0.430. The van der Waals surface area contributed by atoms with Crippen molar-refractivity contribution in [2.45, 2.75) is 39.2 Å². The number of hydrogen-bond donors (Lipinski definition) is 3. The highest BCUT2D eigenvalue weighted by molar-refractivity contribution is 5.85. The van der Waals surface area contributed by atoms with Gasteiger partial charge in [-0.1, -0.05) is 48.0 Å². The number of hydrogen-bond acceptors (Lipinski definition) is 3. The van der Waals surface area contributed by atoms with Crippen LogP contribution in [0.25, 0.3) is 10.9 Å². The third kappa shape index (κ3) is 4.58. The number of nitrogens with one attached hydrogen (secondary N) is 3. The van der Waals surface area contributed by atoms with Crippen LogP contribution in [0, 0.1) is 13.8 Å². The van der Waals surface area contributed by atoms with Gasteiger partial charge in [-0.15, -0.1) is 0 Å². The maximum Gasteiger partial charge on any atom is 0.251 e. The number of aromatic amines is 2. The summed E-state index contributed by atoms with van der Waals surface area (Å²) in [7, 11) is 0. The molecule has 2 aromatic carbocycles. The van der Waals surface area contributed by atoms with Crippen molar-refractivity contribution in [2.24, 2.45) is 0 Å². The average Bonchev–Trinajstić information content (AvgIpc) is 3.15. The summed E-state index contributed by atoms with van der Waals surface area (Å²) >= 11 is 0. The molecule has 31 heavy (non-hydrogen) atoms. The lowest BCUT2D eigenvalue weighted by Crippen LogP contribution is -2.34. The van der Waals surface area contributed by atoms with E-state index in [-0.39, 0.29) is 17.4 Å². The lowest BCUT2D eigenvalue weighted by atomic mass is 9.97. The van der Waals surface area contributed by atoms with Gasteiger partial charge >= 0.3 is 0 Å². The Bertz CT molecular complexity index is 1270. The fourth-order valence-electron chi connectivity index (χ4n) is 3.83. The van der Waals surface area contributed by atoms with E-state index in [9.17, 15) is 9.59 Å². The molecule has 2 aromatic heterocycles. The molecule has 0 spiro atoms. The minimum Gasteiger partial charge on any atom is -0.361 e. The van der Waals surface area contributed by atoms with E-state index in [1.807, 2.05) is 68.6 Å². The maximum absolute atomic E-state index is 13.1. The molecule has 0 unspecified atom stereocenters. The lowest BCUT2D eigenvalue weighted by molar-refractivity contribution is -0.123. The summed E-state index contributed by atoms with van der Waals surface area (Å²) in [5.74, 6) is 0.0925. The zero-order chi connectivity index (χ0) is 22.0. The second kappa shape index (κ2) is 8.60. The van der Waals surface area contributed by atoms with Gasteiger partial charge in [-0.3, -0.25) is 9.59 Å². The second-order valence-electron chi connectivity index (χ2n) is 8.01. The first-order valence-corrected chi connectivity index (χ1v) is 10.4. The largest absolute Gasteiger partial charge is 0.361 e. The van der Waals surface area contributed by atoms with Crippen LogP contribution in [0.2, 0.25) is 0 Å². The Morgan fingerprint density at radius 1 is 1.10 bits per heavy atom. The van der Waals surface area contributed by atoms with Crippen LogP contribution >= 0.6 is 0 Å². The molecule has 4 aromatic rings. The van der Waals surface area contributed by atoms with Crippen molar-refractivity contribution in [3.63, 3.8) is 0 Å². The molecule has 6 heteroatoms. The third-order valence-electron chi connectivity index (χ3n) is 5.62. The van der Waals surface area contributed by atoms with Gasteiger partial charge in [-0.05, 0) is 38.0 Å². The van der Waals surface area contributed by atoms with Crippen LogP contribution in [0.4, 0.5) is 0 Å². The molecule has 158 valence electrons. The molecule has 0 aliphatic heterocycles. The standard InChI is InChI=1S/C25H26N4O2/c1-15-8-10-18(11-9-15)16(2)25(31)29-22(23-13-24(30)28-17(3)27-23)12-19-14-26-21-7-5-4-6-20(19)21/h4-11,13-14,16,22,26H,12H2,1-3H3,(H,29,31)(H,27,28,30)/t16-,22+/m1/s1. The van der Waals surface area contributed by atoms with Crippen LogP contribution in [0.5, 0.6) is 0 Å². The Labute approximate surface area is 180 Å². The van der Waals surface area contributed by atoms with E-state index in [0.29, 0.717) is 17.9 Å². The zero-order valence-electron chi connectivity index (χ0n) is 17.9. The van der Waals surface area contributed by atoms with E-state index in [2.05, 4.69) is 20.3 Å². The Hall–Kier alpha value is -3.67. The number of benzene rings is 2. The topological polar surface area (TPSA) is 90.6 Å². The molecule has 3 N–H and O–H groups in total. The summed E-state index contributed by atoms with van der Waals surface area (Å²) in [6, 6.07) is 17.0. The number of aryl methyl sites for hydroxylation is 2. The van der Waals surface area contributed by atoms with Gasteiger partial charge in [0, 0.05) is 29.6 Å². The molecule has 0 saturated heterocycles. The number of amides is 1. The highest BCUT2D eigenvalue weighted by Gasteiger charge is 2.23. The van der Waals surface area contributed by atoms with Gasteiger partial charge in [0.15, 0.2) is 0 Å². The van der Waals surface area contributed by atoms with Gasteiger partial charge in [-0.25, -0.2) is 4.98 Å². The van der Waals surface area contributed by atoms with E-state index < -0.39 is 6.04 Å². The molecule has 1 amide bonds. The van der Waals surface area contributed by atoms with Gasteiger partial charge in [-0.2, -0.15) is 0 Å². The first kappa shape index (κ1) is 20.6. The summed E-state index contributed by atoms with van der Waals surface area (Å²) in [4.78, 5) is 35.7. The lowest BCUT2D eigenvalue weighted by Gasteiger charge is -2.21. The number of para-hydroxylation sites is 1.